The highest BCUT2D eigenvalue weighted by Crippen LogP contribution is 2.19. The van der Waals surface area contributed by atoms with Gasteiger partial charge in [-0.05, 0) is 31.4 Å². The number of nitrogens with one attached hydrogen (secondary N) is 1. The topological polar surface area (TPSA) is 88.6 Å². The van der Waals surface area contributed by atoms with Gasteiger partial charge in [-0.1, -0.05) is 13.8 Å². The minimum absolute atomic E-state index is 0.0281. The molecule has 2 heterocycles. The molecule has 0 aliphatic carbocycles. The van der Waals surface area contributed by atoms with E-state index in [2.05, 4.69) is 5.32 Å². The molecule has 0 bridgehead atoms. The average Bonchev–Trinajstić information content (AvgIpc) is 3.07. The third-order valence-electron chi connectivity index (χ3n) is 3.46. The Balaban J connectivity index is 2.09. The van der Waals surface area contributed by atoms with Crippen LogP contribution in [0, 0.1) is 16.0 Å². The minimum atomic E-state index is -0.637. The van der Waals surface area contributed by atoms with E-state index < -0.39 is 10.8 Å². The van der Waals surface area contributed by atoms with E-state index in [9.17, 15) is 14.9 Å². The Labute approximate surface area is 123 Å². The fourth-order valence-corrected chi connectivity index (χ4v) is 2.56. The van der Waals surface area contributed by atoms with E-state index in [0.29, 0.717) is 19.0 Å². The van der Waals surface area contributed by atoms with Crippen molar-refractivity contribution >= 4 is 11.8 Å². The van der Waals surface area contributed by atoms with Crippen LogP contribution in [0.3, 0.4) is 0 Å². The maximum Gasteiger partial charge on any atom is 0.433 e. The molecule has 21 heavy (non-hydrogen) atoms. The van der Waals surface area contributed by atoms with Crippen molar-refractivity contribution in [2.24, 2.45) is 5.92 Å². The molecular formula is C14H21N3O4. The summed E-state index contributed by atoms with van der Waals surface area (Å²) in [5.41, 5.74) is 0. The summed E-state index contributed by atoms with van der Waals surface area (Å²) >= 11 is 0. The lowest BCUT2D eigenvalue weighted by Crippen LogP contribution is -2.42. The van der Waals surface area contributed by atoms with Crippen LogP contribution in [0.15, 0.2) is 16.5 Å². The van der Waals surface area contributed by atoms with Crippen LogP contribution in [0.4, 0.5) is 5.88 Å². The first-order valence-electron chi connectivity index (χ1n) is 7.24. The summed E-state index contributed by atoms with van der Waals surface area (Å²) in [6.45, 7) is 6.25. The fourth-order valence-electron chi connectivity index (χ4n) is 2.56. The van der Waals surface area contributed by atoms with Gasteiger partial charge in [0, 0.05) is 19.1 Å². The largest absolute Gasteiger partial charge is 0.433 e. The molecule has 1 atom stereocenters. The van der Waals surface area contributed by atoms with Crippen LogP contribution in [-0.2, 0) is 0 Å². The van der Waals surface area contributed by atoms with Gasteiger partial charge < -0.3 is 14.6 Å². The van der Waals surface area contributed by atoms with E-state index in [4.69, 9.17) is 4.42 Å². The van der Waals surface area contributed by atoms with Crippen LogP contribution in [0.5, 0.6) is 0 Å². The molecular weight excluding hydrogens is 274 g/mol. The van der Waals surface area contributed by atoms with Gasteiger partial charge in [0.25, 0.3) is 5.91 Å². The zero-order chi connectivity index (χ0) is 15.4. The SMILES string of the molecule is CC(C)CN(CC1CCCN1)C(=O)c1ccc([N+](=O)[O-])o1. The molecule has 1 aromatic rings. The molecule has 0 aromatic carbocycles. The Morgan fingerprint density at radius 3 is 2.86 bits per heavy atom. The Hall–Kier alpha value is -1.89. The predicted molar refractivity (Wildman–Crippen MR) is 77.1 cm³/mol. The zero-order valence-electron chi connectivity index (χ0n) is 12.4. The van der Waals surface area contributed by atoms with Gasteiger partial charge in [0.1, 0.15) is 4.92 Å². The molecule has 0 saturated carbocycles. The van der Waals surface area contributed by atoms with Crippen molar-refractivity contribution in [2.45, 2.75) is 32.7 Å². The number of hydrogen-bond acceptors (Lipinski definition) is 5. The van der Waals surface area contributed by atoms with Crippen LogP contribution in [0.2, 0.25) is 0 Å². The standard InChI is InChI=1S/C14H21N3O4/c1-10(2)8-16(9-11-4-3-7-15-11)14(18)12-5-6-13(21-12)17(19)20/h5-6,10-11,15H,3-4,7-9H2,1-2H3. The molecule has 1 aliphatic heterocycles. The monoisotopic (exact) mass is 295 g/mol. The minimum Gasteiger partial charge on any atom is -0.395 e. The lowest BCUT2D eigenvalue weighted by atomic mass is 10.1. The molecule has 2 rings (SSSR count). The van der Waals surface area contributed by atoms with Gasteiger partial charge in [0.2, 0.25) is 0 Å². The number of nitrogens with zero attached hydrogens (tertiary/aromatic N) is 2. The molecule has 1 aliphatic rings. The molecule has 1 N–H and O–H groups in total. The normalized spacial score (nSPS) is 18.1. The molecule has 0 spiro atoms. The van der Waals surface area contributed by atoms with E-state index in [0.717, 1.165) is 19.4 Å². The molecule has 0 radical (unpaired) electrons. The maximum absolute atomic E-state index is 12.5. The maximum atomic E-state index is 12.5. The average molecular weight is 295 g/mol. The van der Waals surface area contributed by atoms with E-state index >= 15 is 0 Å². The van der Waals surface area contributed by atoms with E-state index in [1.165, 1.54) is 12.1 Å². The summed E-state index contributed by atoms with van der Waals surface area (Å²) in [6.07, 6.45) is 2.15. The number of rotatable bonds is 6. The van der Waals surface area contributed by atoms with Crippen LogP contribution in [0.1, 0.15) is 37.2 Å². The van der Waals surface area contributed by atoms with Crippen molar-refractivity contribution in [3.63, 3.8) is 0 Å². The Kier molecular flexibility index (Phi) is 4.95. The van der Waals surface area contributed by atoms with Crippen LogP contribution < -0.4 is 5.32 Å². The Bertz CT molecular complexity index is 506. The number of furan rings is 1. The summed E-state index contributed by atoms with van der Waals surface area (Å²) in [7, 11) is 0. The second-order valence-electron chi connectivity index (χ2n) is 5.79. The number of carbonyl (C=O) groups excluding carboxylic acids is 1. The molecule has 1 unspecified atom stereocenters. The van der Waals surface area contributed by atoms with Gasteiger partial charge in [-0.15, -0.1) is 0 Å². The number of carbonyl (C=O) groups is 1. The van der Waals surface area contributed by atoms with Gasteiger partial charge in [-0.2, -0.15) is 0 Å². The zero-order valence-corrected chi connectivity index (χ0v) is 12.4. The molecule has 1 fully saturated rings. The van der Waals surface area contributed by atoms with Gasteiger partial charge in [-0.25, -0.2) is 0 Å². The Morgan fingerprint density at radius 1 is 1.57 bits per heavy atom. The summed E-state index contributed by atoms with van der Waals surface area (Å²) in [4.78, 5) is 24.2. The second-order valence-corrected chi connectivity index (χ2v) is 5.79. The van der Waals surface area contributed by atoms with E-state index in [1.807, 2.05) is 13.8 Å². The highest BCUT2D eigenvalue weighted by atomic mass is 16.6. The third-order valence-corrected chi connectivity index (χ3v) is 3.46. The molecule has 7 heteroatoms. The molecule has 7 nitrogen and oxygen atoms in total. The van der Waals surface area contributed by atoms with Crippen LogP contribution >= 0.6 is 0 Å². The summed E-state index contributed by atoms with van der Waals surface area (Å²) < 4.78 is 5.02. The van der Waals surface area contributed by atoms with E-state index in [1.54, 1.807) is 4.90 Å². The summed E-state index contributed by atoms with van der Waals surface area (Å²) in [6, 6.07) is 2.88. The van der Waals surface area contributed by atoms with Crippen molar-refractivity contribution < 1.29 is 14.1 Å². The first-order chi connectivity index (χ1) is 9.97. The lowest BCUT2D eigenvalue weighted by Gasteiger charge is -2.26. The molecule has 1 saturated heterocycles. The van der Waals surface area contributed by atoms with Crippen molar-refractivity contribution in [3.05, 3.63) is 28.0 Å². The highest BCUT2D eigenvalue weighted by molar-refractivity contribution is 5.91. The number of hydrogen-bond donors (Lipinski definition) is 1. The first kappa shape index (κ1) is 15.5. The van der Waals surface area contributed by atoms with Crippen LogP contribution in [-0.4, -0.2) is 41.4 Å². The van der Waals surface area contributed by atoms with Gasteiger partial charge in [0.15, 0.2) is 5.76 Å². The molecule has 116 valence electrons. The first-order valence-corrected chi connectivity index (χ1v) is 7.24. The van der Waals surface area contributed by atoms with Gasteiger partial charge in [0.05, 0.1) is 6.07 Å². The quantitative estimate of drug-likeness (QED) is 0.641. The fraction of sp³-hybridized carbons (Fsp3) is 0.643. The number of nitro groups is 1. The van der Waals surface area contributed by atoms with Crippen LogP contribution in [0.25, 0.3) is 0 Å². The predicted octanol–water partition coefficient (Wildman–Crippen LogP) is 2.04. The Morgan fingerprint density at radius 2 is 2.33 bits per heavy atom. The summed E-state index contributed by atoms with van der Waals surface area (Å²) in [5, 5.41) is 14.0. The smallest absolute Gasteiger partial charge is 0.395 e. The molecule has 1 aromatic heterocycles. The van der Waals surface area contributed by atoms with Gasteiger partial charge in [-0.3, -0.25) is 14.9 Å². The van der Waals surface area contributed by atoms with Crippen molar-refractivity contribution in [1.29, 1.82) is 0 Å². The van der Waals surface area contributed by atoms with Crippen molar-refractivity contribution in [2.75, 3.05) is 19.6 Å². The van der Waals surface area contributed by atoms with Crippen molar-refractivity contribution in [3.8, 4) is 0 Å². The van der Waals surface area contributed by atoms with E-state index in [-0.39, 0.29) is 17.7 Å². The number of amides is 1. The highest BCUT2D eigenvalue weighted by Gasteiger charge is 2.26. The van der Waals surface area contributed by atoms with Gasteiger partial charge >= 0.3 is 5.88 Å². The lowest BCUT2D eigenvalue weighted by molar-refractivity contribution is -0.402. The summed E-state index contributed by atoms with van der Waals surface area (Å²) in [5.74, 6) is -0.340. The second kappa shape index (κ2) is 6.71. The third kappa shape index (κ3) is 4.04. The molecule has 1 amide bonds. The van der Waals surface area contributed by atoms with Crippen molar-refractivity contribution in [1.82, 2.24) is 10.2 Å².